The second-order valence-corrected chi connectivity index (χ2v) is 7.69. The Bertz CT molecular complexity index is 659. The van der Waals surface area contributed by atoms with Crippen LogP contribution in [0.15, 0.2) is 36.9 Å². The highest BCUT2D eigenvalue weighted by atomic mass is 16.6. The first-order chi connectivity index (χ1) is 13.3. The zero-order valence-corrected chi connectivity index (χ0v) is 17.1. The van der Waals surface area contributed by atoms with Crippen LogP contribution in [0.5, 0.6) is 5.75 Å². The molecule has 0 radical (unpaired) electrons. The van der Waals surface area contributed by atoms with Gasteiger partial charge in [-0.15, -0.1) is 0 Å². The molecule has 1 aromatic rings. The first kappa shape index (κ1) is 21.8. The lowest BCUT2D eigenvalue weighted by atomic mass is 10.2. The summed E-state index contributed by atoms with van der Waals surface area (Å²) in [5.74, 6) is 0.599. The van der Waals surface area contributed by atoms with E-state index in [1.807, 2.05) is 20.8 Å². The largest absolute Gasteiger partial charge is 0.490 e. The summed E-state index contributed by atoms with van der Waals surface area (Å²) in [5.41, 5.74) is 0.120. The lowest BCUT2D eigenvalue weighted by molar-refractivity contribution is 0.0147. The monoisotopic (exact) mass is 389 g/mol. The fourth-order valence-electron chi connectivity index (χ4n) is 2.77. The molecule has 0 unspecified atom stereocenters. The Hall–Kier alpha value is -2.54. The van der Waals surface area contributed by atoms with E-state index in [1.165, 1.54) is 0 Å². The number of amides is 2. The molecule has 28 heavy (non-hydrogen) atoms. The Labute approximate surface area is 167 Å². The highest BCUT2D eigenvalue weighted by molar-refractivity contribution is 5.94. The SMILES string of the molecule is C=CCOc1ccc(C(=O)NCCN2CCN(C(=O)OC(C)(C)C)CC2)cc1. The first-order valence-corrected chi connectivity index (χ1v) is 9.61. The Morgan fingerprint density at radius 1 is 1.14 bits per heavy atom. The topological polar surface area (TPSA) is 71.1 Å². The Kier molecular flexibility index (Phi) is 7.87. The van der Waals surface area contributed by atoms with E-state index in [9.17, 15) is 9.59 Å². The van der Waals surface area contributed by atoms with E-state index in [4.69, 9.17) is 9.47 Å². The van der Waals surface area contributed by atoms with E-state index in [-0.39, 0.29) is 12.0 Å². The van der Waals surface area contributed by atoms with Crippen molar-refractivity contribution in [3.8, 4) is 5.75 Å². The molecule has 1 heterocycles. The number of carbonyl (C=O) groups is 2. The third kappa shape index (κ3) is 7.23. The quantitative estimate of drug-likeness (QED) is 0.726. The molecule has 0 spiro atoms. The Morgan fingerprint density at radius 3 is 2.36 bits per heavy atom. The molecule has 1 fully saturated rings. The smallest absolute Gasteiger partial charge is 0.410 e. The normalized spacial score (nSPS) is 15.0. The van der Waals surface area contributed by atoms with Crippen molar-refractivity contribution in [1.29, 1.82) is 0 Å². The van der Waals surface area contributed by atoms with Crippen LogP contribution in [0.3, 0.4) is 0 Å². The van der Waals surface area contributed by atoms with Crippen LogP contribution in [-0.2, 0) is 4.74 Å². The molecule has 0 aromatic heterocycles. The Balaban J connectivity index is 1.68. The molecule has 154 valence electrons. The van der Waals surface area contributed by atoms with Gasteiger partial charge in [-0.25, -0.2) is 4.79 Å². The fraction of sp³-hybridized carbons (Fsp3) is 0.524. The molecule has 1 aromatic carbocycles. The molecular weight excluding hydrogens is 358 g/mol. The standard InChI is InChI=1S/C21H31N3O4/c1-5-16-27-18-8-6-17(7-9-18)19(25)22-10-11-23-12-14-24(15-13-23)20(26)28-21(2,3)4/h5-9H,1,10-16H2,2-4H3,(H,22,25). The van der Waals surface area contributed by atoms with Crippen molar-refractivity contribution in [2.75, 3.05) is 45.9 Å². The molecule has 1 N–H and O–H groups in total. The van der Waals surface area contributed by atoms with Crippen LogP contribution in [0.1, 0.15) is 31.1 Å². The molecule has 1 aliphatic rings. The minimum Gasteiger partial charge on any atom is -0.490 e. The first-order valence-electron chi connectivity index (χ1n) is 9.61. The van der Waals surface area contributed by atoms with E-state index in [0.717, 1.165) is 19.6 Å². The molecule has 2 rings (SSSR count). The summed E-state index contributed by atoms with van der Waals surface area (Å²) in [6.07, 6.45) is 1.41. The van der Waals surface area contributed by atoms with Gasteiger partial charge in [0.25, 0.3) is 5.91 Å². The summed E-state index contributed by atoms with van der Waals surface area (Å²) in [4.78, 5) is 28.3. The van der Waals surface area contributed by atoms with Crippen LogP contribution >= 0.6 is 0 Å². The highest BCUT2D eigenvalue weighted by Gasteiger charge is 2.25. The van der Waals surface area contributed by atoms with Gasteiger partial charge in [0.2, 0.25) is 0 Å². The zero-order valence-electron chi connectivity index (χ0n) is 17.1. The summed E-state index contributed by atoms with van der Waals surface area (Å²) in [6.45, 7) is 13.7. The summed E-state index contributed by atoms with van der Waals surface area (Å²) in [6, 6.07) is 7.03. The predicted octanol–water partition coefficient (Wildman–Crippen LogP) is 2.53. The number of rotatable bonds is 7. The summed E-state index contributed by atoms with van der Waals surface area (Å²) in [5, 5.41) is 2.93. The summed E-state index contributed by atoms with van der Waals surface area (Å²) >= 11 is 0. The number of hydrogen-bond donors (Lipinski definition) is 1. The van der Waals surface area contributed by atoms with Gasteiger partial charge in [-0.2, -0.15) is 0 Å². The van der Waals surface area contributed by atoms with Gasteiger partial charge in [0.15, 0.2) is 0 Å². The highest BCUT2D eigenvalue weighted by Crippen LogP contribution is 2.13. The maximum atomic E-state index is 12.2. The minimum absolute atomic E-state index is 0.109. The van der Waals surface area contributed by atoms with Gasteiger partial charge in [-0.3, -0.25) is 9.69 Å². The van der Waals surface area contributed by atoms with Crippen molar-refractivity contribution < 1.29 is 19.1 Å². The summed E-state index contributed by atoms with van der Waals surface area (Å²) < 4.78 is 10.8. The molecule has 2 amide bonds. The number of piperazine rings is 1. The number of hydrogen-bond acceptors (Lipinski definition) is 5. The van der Waals surface area contributed by atoms with Crippen molar-refractivity contribution in [1.82, 2.24) is 15.1 Å². The van der Waals surface area contributed by atoms with Crippen molar-refractivity contribution in [3.05, 3.63) is 42.5 Å². The van der Waals surface area contributed by atoms with Crippen LogP contribution in [0, 0.1) is 0 Å². The van der Waals surface area contributed by atoms with Gasteiger partial charge in [0.05, 0.1) is 0 Å². The number of nitrogens with one attached hydrogen (secondary N) is 1. The second-order valence-electron chi connectivity index (χ2n) is 7.69. The molecule has 0 aliphatic carbocycles. The van der Waals surface area contributed by atoms with Crippen molar-refractivity contribution in [2.24, 2.45) is 0 Å². The molecule has 1 aliphatic heterocycles. The average molecular weight is 389 g/mol. The number of carbonyl (C=O) groups excluding carboxylic acids is 2. The molecule has 1 saturated heterocycles. The maximum absolute atomic E-state index is 12.2. The zero-order chi connectivity index (χ0) is 20.6. The molecule has 0 saturated carbocycles. The second kappa shape index (κ2) is 10.1. The molecule has 0 bridgehead atoms. The van der Waals surface area contributed by atoms with E-state index in [1.54, 1.807) is 35.2 Å². The van der Waals surface area contributed by atoms with Crippen LogP contribution in [0.4, 0.5) is 4.79 Å². The third-order valence-electron chi connectivity index (χ3n) is 4.22. The van der Waals surface area contributed by atoms with Gasteiger partial charge in [-0.1, -0.05) is 12.7 Å². The molecule has 7 heteroatoms. The van der Waals surface area contributed by atoms with Gasteiger partial charge < -0.3 is 19.7 Å². The van der Waals surface area contributed by atoms with E-state index >= 15 is 0 Å². The van der Waals surface area contributed by atoms with Gasteiger partial charge in [0, 0.05) is 44.8 Å². The fourth-order valence-corrected chi connectivity index (χ4v) is 2.77. The lowest BCUT2D eigenvalue weighted by Crippen LogP contribution is -2.51. The predicted molar refractivity (Wildman–Crippen MR) is 109 cm³/mol. The van der Waals surface area contributed by atoms with Crippen molar-refractivity contribution >= 4 is 12.0 Å². The van der Waals surface area contributed by atoms with Crippen LogP contribution < -0.4 is 10.1 Å². The van der Waals surface area contributed by atoms with Crippen molar-refractivity contribution in [2.45, 2.75) is 26.4 Å². The lowest BCUT2D eigenvalue weighted by Gasteiger charge is -2.35. The van der Waals surface area contributed by atoms with E-state index in [0.29, 0.717) is 37.6 Å². The van der Waals surface area contributed by atoms with Gasteiger partial charge >= 0.3 is 6.09 Å². The van der Waals surface area contributed by atoms with Gasteiger partial charge in [0.1, 0.15) is 18.0 Å². The number of nitrogens with zero attached hydrogens (tertiary/aromatic N) is 2. The average Bonchev–Trinajstić information content (AvgIpc) is 2.66. The van der Waals surface area contributed by atoms with Crippen LogP contribution in [0.25, 0.3) is 0 Å². The number of ether oxygens (including phenoxy) is 2. The minimum atomic E-state index is -0.478. The third-order valence-corrected chi connectivity index (χ3v) is 4.22. The van der Waals surface area contributed by atoms with E-state index in [2.05, 4.69) is 16.8 Å². The maximum Gasteiger partial charge on any atom is 0.410 e. The molecule has 0 atom stereocenters. The van der Waals surface area contributed by atoms with Crippen molar-refractivity contribution in [3.63, 3.8) is 0 Å². The van der Waals surface area contributed by atoms with Gasteiger partial charge in [-0.05, 0) is 45.0 Å². The molecule has 7 nitrogen and oxygen atoms in total. The number of benzene rings is 1. The van der Waals surface area contributed by atoms with Crippen LogP contribution in [-0.4, -0.2) is 73.3 Å². The van der Waals surface area contributed by atoms with E-state index < -0.39 is 5.60 Å². The molecular formula is C21H31N3O4. The Morgan fingerprint density at radius 2 is 1.79 bits per heavy atom. The van der Waals surface area contributed by atoms with Crippen LogP contribution in [0.2, 0.25) is 0 Å². The summed E-state index contributed by atoms with van der Waals surface area (Å²) in [7, 11) is 0.